The van der Waals surface area contributed by atoms with Gasteiger partial charge in [-0.2, -0.15) is 0 Å². The van der Waals surface area contributed by atoms with E-state index in [-0.39, 0.29) is 0 Å². The minimum absolute atomic E-state index is 0.689. The second-order valence-electron chi connectivity index (χ2n) is 5.87. The number of hydrogen-bond acceptors (Lipinski definition) is 1. The molecule has 1 heteroatoms. The van der Waals surface area contributed by atoms with E-state index < -0.39 is 0 Å². The first-order valence-corrected chi connectivity index (χ1v) is 8.64. The van der Waals surface area contributed by atoms with Gasteiger partial charge >= 0.3 is 0 Å². The standard InChI is InChI=1S/C19H33N/c1-3-5-6-7-8-10-15-19(17-20-16-4-2)18-13-11-9-12-14-18/h9,11-14,19-20H,3-8,10,15-17H2,1-2H3. The van der Waals surface area contributed by atoms with Gasteiger partial charge in [-0.3, -0.25) is 0 Å². The highest BCUT2D eigenvalue weighted by molar-refractivity contribution is 5.19. The van der Waals surface area contributed by atoms with Gasteiger partial charge in [-0.15, -0.1) is 0 Å². The Bertz CT molecular complexity index is 307. The van der Waals surface area contributed by atoms with Crippen molar-refractivity contribution >= 4 is 0 Å². The first-order chi connectivity index (χ1) is 9.88. The topological polar surface area (TPSA) is 12.0 Å². The molecular weight excluding hydrogens is 242 g/mol. The van der Waals surface area contributed by atoms with Crippen molar-refractivity contribution in [3.63, 3.8) is 0 Å². The molecule has 0 saturated heterocycles. The molecule has 0 aliphatic rings. The summed E-state index contributed by atoms with van der Waals surface area (Å²) in [5.41, 5.74) is 1.50. The summed E-state index contributed by atoms with van der Waals surface area (Å²) in [4.78, 5) is 0. The third kappa shape index (κ3) is 7.69. The van der Waals surface area contributed by atoms with E-state index in [2.05, 4.69) is 49.5 Å². The Kier molecular flexibility index (Phi) is 10.3. The highest BCUT2D eigenvalue weighted by Gasteiger charge is 2.10. The molecule has 1 rings (SSSR count). The van der Waals surface area contributed by atoms with E-state index in [0.717, 1.165) is 13.1 Å². The largest absolute Gasteiger partial charge is 0.316 e. The van der Waals surface area contributed by atoms with Crippen LogP contribution in [0.25, 0.3) is 0 Å². The maximum Gasteiger partial charge on any atom is 0.00201 e. The van der Waals surface area contributed by atoms with Crippen LogP contribution in [0.4, 0.5) is 0 Å². The van der Waals surface area contributed by atoms with Crippen molar-refractivity contribution in [2.75, 3.05) is 13.1 Å². The second-order valence-corrected chi connectivity index (χ2v) is 5.87. The predicted octanol–water partition coefficient (Wildman–Crippen LogP) is 5.52. The van der Waals surface area contributed by atoms with Crippen molar-refractivity contribution in [2.24, 2.45) is 0 Å². The average Bonchev–Trinajstić information content (AvgIpc) is 2.50. The minimum Gasteiger partial charge on any atom is -0.316 e. The van der Waals surface area contributed by atoms with Crippen LogP contribution in [0.2, 0.25) is 0 Å². The fraction of sp³-hybridized carbons (Fsp3) is 0.684. The summed E-state index contributed by atoms with van der Waals surface area (Å²) >= 11 is 0. The molecule has 1 unspecified atom stereocenters. The molecule has 0 aliphatic heterocycles. The Hall–Kier alpha value is -0.820. The monoisotopic (exact) mass is 275 g/mol. The molecule has 114 valence electrons. The summed E-state index contributed by atoms with van der Waals surface area (Å²) in [6.07, 6.45) is 10.9. The summed E-state index contributed by atoms with van der Waals surface area (Å²) in [5.74, 6) is 0.689. The number of rotatable bonds is 12. The third-order valence-corrected chi connectivity index (χ3v) is 3.99. The molecule has 1 aromatic rings. The molecule has 0 spiro atoms. The minimum atomic E-state index is 0.689. The van der Waals surface area contributed by atoms with Crippen LogP contribution in [-0.2, 0) is 0 Å². The third-order valence-electron chi connectivity index (χ3n) is 3.99. The lowest BCUT2D eigenvalue weighted by Gasteiger charge is -2.18. The fourth-order valence-electron chi connectivity index (χ4n) is 2.74. The molecule has 1 aromatic carbocycles. The van der Waals surface area contributed by atoms with E-state index in [4.69, 9.17) is 0 Å². The lowest BCUT2D eigenvalue weighted by Crippen LogP contribution is -2.22. The van der Waals surface area contributed by atoms with Crippen LogP contribution in [-0.4, -0.2) is 13.1 Å². The second kappa shape index (κ2) is 12.0. The highest BCUT2D eigenvalue weighted by atomic mass is 14.8. The molecule has 0 radical (unpaired) electrons. The summed E-state index contributed by atoms with van der Waals surface area (Å²) in [5, 5.41) is 3.59. The zero-order chi connectivity index (χ0) is 14.5. The Morgan fingerprint density at radius 3 is 2.25 bits per heavy atom. The van der Waals surface area contributed by atoms with Crippen LogP contribution in [0, 0.1) is 0 Å². The van der Waals surface area contributed by atoms with Gasteiger partial charge < -0.3 is 5.32 Å². The van der Waals surface area contributed by atoms with Crippen molar-refractivity contribution in [2.45, 2.75) is 71.1 Å². The van der Waals surface area contributed by atoms with E-state index in [0.29, 0.717) is 5.92 Å². The van der Waals surface area contributed by atoms with E-state index in [1.807, 2.05) is 0 Å². The molecule has 0 aliphatic carbocycles. The lowest BCUT2D eigenvalue weighted by molar-refractivity contribution is 0.506. The van der Waals surface area contributed by atoms with Gasteiger partial charge in [0.1, 0.15) is 0 Å². The quantitative estimate of drug-likeness (QED) is 0.495. The molecule has 20 heavy (non-hydrogen) atoms. The first-order valence-electron chi connectivity index (χ1n) is 8.64. The van der Waals surface area contributed by atoms with Crippen molar-refractivity contribution < 1.29 is 0 Å². The highest BCUT2D eigenvalue weighted by Crippen LogP contribution is 2.22. The zero-order valence-electron chi connectivity index (χ0n) is 13.5. The molecule has 1 nitrogen and oxygen atoms in total. The predicted molar refractivity (Wildman–Crippen MR) is 90.3 cm³/mol. The van der Waals surface area contributed by atoms with Gasteiger partial charge in [0.05, 0.1) is 0 Å². The normalized spacial score (nSPS) is 12.5. The van der Waals surface area contributed by atoms with E-state index in [1.165, 1.54) is 56.9 Å². The Labute approximate surface area is 126 Å². The van der Waals surface area contributed by atoms with Crippen molar-refractivity contribution in [3.05, 3.63) is 35.9 Å². The van der Waals surface area contributed by atoms with E-state index in [9.17, 15) is 0 Å². The molecular formula is C19H33N. The molecule has 0 amide bonds. The van der Waals surface area contributed by atoms with Crippen molar-refractivity contribution in [1.29, 1.82) is 0 Å². The average molecular weight is 275 g/mol. The van der Waals surface area contributed by atoms with Crippen molar-refractivity contribution in [1.82, 2.24) is 5.32 Å². The molecule has 0 saturated carbocycles. The fourth-order valence-corrected chi connectivity index (χ4v) is 2.74. The maximum absolute atomic E-state index is 3.59. The van der Waals surface area contributed by atoms with Crippen LogP contribution in [0.15, 0.2) is 30.3 Å². The lowest BCUT2D eigenvalue weighted by atomic mass is 9.92. The molecule has 1 atom stereocenters. The zero-order valence-corrected chi connectivity index (χ0v) is 13.5. The smallest absolute Gasteiger partial charge is 0.00201 e. The molecule has 1 N–H and O–H groups in total. The Balaban J connectivity index is 2.31. The Morgan fingerprint density at radius 2 is 1.55 bits per heavy atom. The van der Waals surface area contributed by atoms with Crippen LogP contribution < -0.4 is 5.32 Å². The first kappa shape index (κ1) is 17.2. The Morgan fingerprint density at radius 1 is 0.850 bits per heavy atom. The summed E-state index contributed by atoms with van der Waals surface area (Å²) < 4.78 is 0. The molecule has 0 fully saturated rings. The molecule has 0 aromatic heterocycles. The molecule has 0 heterocycles. The van der Waals surface area contributed by atoms with Gasteiger partial charge in [-0.05, 0) is 30.9 Å². The number of nitrogens with one attached hydrogen (secondary N) is 1. The summed E-state index contributed by atoms with van der Waals surface area (Å²) in [6.45, 7) is 6.79. The van der Waals surface area contributed by atoms with Gasteiger partial charge in [0.2, 0.25) is 0 Å². The van der Waals surface area contributed by atoms with E-state index >= 15 is 0 Å². The van der Waals surface area contributed by atoms with E-state index in [1.54, 1.807) is 0 Å². The summed E-state index contributed by atoms with van der Waals surface area (Å²) in [6, 6.07) is 11.0. The van der Waals surface area contributed by atoms with Crippen molar-refractivity contribution in [3.8, 4) is 0 Å². The van der Waals surface area contributed by atoms with Gasteiger partial charge in [0, 0.05) is 6.54 Å². The SMILES string of the molecule is CCCCCCCCC(CNCCC)c1ccccc1. The van der Waals surface area contributed by atoms with Crippen LogP contribution in [0.3, 0.4) is 0 Å². The summed E-state index contributed by atoms with van der Waals surface area (Å²) in [7, 11) is 0. The van der Waals surface area contributed by atoms with Gasteiger partial charge in [0.25, 0.3) is 0 Å². The number of hydrogen-bond donors (Lipinski definition) is 1. The number of unbranched alkanes of at least 4 members (excludes halogenated alkanes) is 5. The molecule has 0 bridgehead atoms. The van der Waals surface area contributed by atoms with Gasteiger partial charge in [0.15, 0.2) is 0 Å². The van der Waals surface area contributed by atoms with Gasteiger partial charge in [-0.25, -0.2) is 0 Å². The van der Waals surface area contributed by atoms with Crippen LogP contribution >= 0.6 is 0 Å². The van der Waals surface area contributed by atoms with Gasteiger partial charge in [-0.1, -0.05) is 82.7 Å². The number of benzene rings is 1. The van der Waals surface area contributed by atoms with Crippen LogP contribution in [0.1, 0.15) is 76.7 Å². The van der Waals surface area contributed by atoms with Crippen LogP contribution in [0.5, 0.6) is 0 Å². The maximum atomic E-state index is 3.59.